The molecule has 0 radical (unpaired) electrons. The standard InChI is InChI=1S/C24H26FNO4/c1-29-23-10-7-17(11-21(23)25)12-22(27)18-13-19-8-9-20(14-18)26(19)24(28)30-15-16-5-3-2-4-6-16/h2-7,10-11,18-20H,8-9,12-15H2,1H3. The average Bonchev–Trinajstić information content (AvgIpc) is 3.02. The molecule has 0 aliphatic carbocycles. The lowest BCUT2D eigenvalue weighted by molar-refractivity contribution is -0.124. The monoisotopic (exact) mass is 411 g/mol. The van der Waals surface area contributed by atoms with Gasteiger partial charge in [0.1, 0.15) is 12.4 Å². The summed E-state index contributed by atoms with van der Waals surface area (Å²) in [5.41, 5.74) is 1.60. The van der Waals surface area contributed by atoms with Gasteiger partial charge in [0.25, 0.3) is 0 Å². The summed E-state index contributed by atoms with van der Waals surface area (Å²) < 4.78 is 24.4. The maximum atomic E-state index is 13.9. The van der Waals surface area contributed by atoms with Crippen molar-refractivity contribution in [3.8, 4) is 5.75 Å². The van der Waals surface area contributed by atoms with E-state index >= 15 is 0 Å². The molecule has 2 aliphatic heterocycles. The zero-order valence-corrected chi connectivity index (χ0v) is 17.1. The Balaban J connectivity index is 1.34. The number of methoxy groups -OCH3 is 1. The second-order valence-electron chi connectivity index (χ2n) is 8.11. The van der Waals surface area contributed by atoms with Crippen molar-refractivity contribution in [1.29, 1.82) is 0 Å². The maximum Gasteiger partial charge on any atom is 0.410 e. The molecule has 1 amide bonds. The fourth-order valence-electron chi connectivity index (χ4n) is 4.70. The van der Waals surface area contributed by atoms with Crippen molar-refractivity contribution >= 4 is 11.9 Å². The van der Waals surface area contributed by atoms with Crippen LogP contribution in [-0.2, 0) is 22.6 Å². The Morgan fingerprint density at radius 2 is 1.73 bits per heavy atom. The number of ether oxygens (including phenoxy) is 2. The Morgan fingerprint density at radius 1 is 1.03 bits per heavy atom. The van der Waals surface area contributed by atoms with Crippen LogP contribution >= 0.6 is 0 Å². The van der Waals surface area contributed by atoms with Gasteiger partial charge in [-0.1, -0.05) is 36.4 Å². The summed E-state index contributed by atoms with van der Waals surface area (Å²) in [4.78, 5) is 27.3. The molecule has 30 heavy (non-hydrogen) atoms. The third-order valence-electron chi connectivity index (χ3n) is 6.20. The number of Topliss-reactive ketones (excluding diaryl/α,β-unsaturated/α-hetero) is 1. The van der Waals surface area contributed by atoms with Gasteiger partial charge in [0, 0.05) is 24.4 Å². The molecule has 5 nitrogen and oxygen atoms in total. The first-order valence-electron chi connectivity index (χ1n) is 10.4. The number of hydrogen-bond acceptors (Lipinski definition) is 4. The maximum absolute atomic E-state index is 13.9. The molecule has 2 aliphatic rings. The highest BCUT2D eigenvalue weighted by Gasteiger charge is 2.45. The van der Waals surface area contributed by atoms with Crippen molar-refractivity contribution < 1.29 is 23.5 Å². The number of fused-ring (bicyclic) bond motifs is 2. The minimum absolute atomic E-state index is 0.0357. The molecule has 0 aromatic heterocycles. The third kappa shape index (κ3) is 4.32. The van der Waals surface area contributed by atoms with Crippen LogP contribution in [0.1, 0.15) is 36.8 Å². The van der Waals surface area contributed by atoms with E-state index in [0.29, 0.717) is 18.4 Å². The van der Waals surface area contributed by atoms with Crippen LogP contribution in [0.15, 0.2) is 48.5 Å². The highest BCUT2D eigenvalue weighted by atomic mass is 19.1. The van der Waals surface area contributed by atoms with E-state index in [1.807, 2.05) is 35.2 Å². The van der Waals surface area contributed by atoms with Gasteiger partial charge in [-0.25, -0.2) is 9.18 Å². The number of ketones is 1. The lowest BCUT2D eigenvalue weighted by Gasteiger charge is -2.37. The van der Waals surface area contributed by atoms with Crippen LogP contribution < -0.4 is 4.74 Å². The molecule has 2 bridgehead atoms. The van der Waals surface area contributed by atoms with Crippen LogP contribution in [0, 0.1) is 11.7 Å². The second kappa shape index (κ2) is 8.86. The Kier molecular flexibility index (Phi) is 6.02. The van der Waals surface area contributed by atoms with Crippen molar-refractivity contribution in [2.45, 2.75) is 50.8 Å². The molecule has 2 fully saturated rings. The molecule has 2 unspecified atom stereocenters. The van der Waals surface area contributed by atoms with Crippen molar-refractivity contribution in [1.82, 2.24) is 4.90 Å². The molecule has 158 valence electrons. The van der Waals surface area contributed by atoms with Crippen molar-refractivity contribution in [3.63, 3.8) is 0 Å². The lowest BCUT2D eigenvalue weighted by atomic mass is 9.85. The molecule has 2 aromatic rings. The normalized spacial score (nSPS) is 22.6. The van der Waals surface area contributed by atoms with E-state index in [-0.39, 0.29) is 48.7 Å². The van der Waals surface area contributed by atoms with Crippen LogP contribution in [0.4, 0.5) is 9.18 Å². The molecular formula is C24H26FNO4. The first-order chi connectivity index (χ1) is 14.5. The lowest BCUT2D eigenvalue weighted by Crippen LogP contribution is -2.48. The van der Waals surface area contributed by atoms with Crippen LogP contribution in [-0.4, -0.2) is 36.0 Å². The zero-order valence-electron chi connectivity index (χ0n) is 17.1. The highest BCUT2D eigenvalue weighted by molar-refractivity contribution is 5.84. The number of carbonyl (C=O) groups is 2. The number of nitrogens with zero attached hydrogens (tertiary/aromatic N) is 1. The van der Waals surface area contributed by atoms with Crippen molar-refractivity contribution in [3.05, 3.63) is 65.5 Å². The summed E-state index contributed by atoms with van der Waals surface area (Å²) >= 11 is 0. The van der Waals surface area contributed by atoms with E-state index in [1.165, 1.54) is 13.2 Å². The average molecular weight is 411 g/mol. The second-order valence-corrected chi connectivity index (χ2v) is 8.11. The van der Waals surface area contributed by atoms with Crippen LogP contribution in [0.25, 0.3) is 0 Å². The van der Waals surface area contributed by atoms with Crippen LogP contribution in [0.5, 0.6) is 5.75 Å². The molecule has 2 heterocycles. The predicted molar refractivity (Wildman–Crippen MR) is 110 cm³/mol. The fourth-order valence-corrected chi connectivity index (χ4v) is 4.70. The summed E-state index contributed by atoms with van der Waals surface area (Å²) in [5.74, 6) is -0.287. The number of hydrogen-bond donors (Lipinski definition) is 0. The summed E-state index contributed by atoms with van der Waals surface area (Å²) in [6, 6.07) is 14.3. The minimum atomic E-state index is -0.459. The summed E-state index contributed by atoms with van der Waals surface area (Å²) in [6.45, 7) is 0.251. The van der Waals surface area contributed by atoms with E-state index in [0.717, 1.165) is 18.4 Å². The van der Waals surface area contributed by atoms with E-state index in [2.05, 4.69) is 0 Å². The van der Waals surface area contributed by atoms with Gasteiger partial charge in [-0.05, 0) is 48.9 Å². The van der Waals surface area contributed by atoms with Gasteiger partial charge in [-0.15, -0.1) is 0 Å². The van der Waals surface area contributed by atoms with Gasteiger partial charge in [0.05, 0.1) is 7.11 Å². The number of amides is 1. The molecular weight excluding hydrogens is 385 g/mol. The Morgan fingerprint density at radius 3 is 2.37 bits per heavy atom. The van der Waals surface area contributed by atoms with Crippen LogP contribution in [0.3, 0.4) is 0 Å². The molecule has 2 atom stereocenters. The quantitative estimate of drug-likeness (QED) is 0.701. The topological polar surface area (TPSA) is 55.8 Å². The minimum Gasteiger partial charge on any atom is -0.494 e. The fraction of sp³-hybridized carbons (Fsp3) is 0.417. The van der Waals surface area contributed by atoms with Gasteiger partial charge in [0.2, 0.25) is 0 Å². The van der Waals surface area contributed by atoms with Crippen molar-refractivity contribution in [2.75, 3.05) is 7.11 Å². The molecule has 0 spiro atoms. The van der Waals surface area contributed by atoms with Gasteiger partial charge >= 0.3 is 6.09 Å². The smallest absolute Gasteiger partial charge is 0.410 e. The molecule has 4 rings (SSSR count). The highest BCUT2D eigenvalue weighted by Crippen LogP contribution is 2.40. The summed E-state index contributed by atoms with van der Waals surface area (Å²) in [7, 11) is 1.41. The van der Waals surface area contributed by atoms with Gasteiger partial charge < -0.3 is 14.4 Å². The van der Waals surface area contributed by atoms with Gasteiger partial charge in [-0.2, -0.15) is 0 Å². The Bertz CT molecular complexity index is 903. The number of halogens is 1. The third-order valence-corrected chi connectivity index (χ3v) is 6.20. The zero-order chi connectivity index (χ0) is 21.1. The molecule has 2 saturated heterocycles. The van der Waals surface area contributed by atoms with E-state index < -0.39 is 5.82 Å². The van der Waals surface area contributed by atoms with E-state index in [1.54, 1.807) is 12.1 Å². The first kappa shape index (κ1) is 20.4. The summed E-state index contributed by atoms with van der Waals surface area (Å²) in [5, 5.41) is 0. The predicted octanol–water partition coefficient (Wildman–Crippen LogP) is 4.53. The Hall–Kier alpha value is -2.89. The number of benzene rings is 2. The number of piperidine rings is 1. The van der Waals surface area contributed by atoms with Gasteiger partial charge in [-0.3, -0.25) is 4.79 Å². The molecule has 0 saturated carbocycles. The van der Waals surface area contributed by atoms with Crippen LogP contribution in [0.2, 0.25) is 0 Å². The van der Waals surface area contributed by atoms with Gasteiger partial charge in [0.15, 0.2) is 11.6 Å². The Labute approximate surface area is 175 Å². The van der Waals surface area contributed by atoms with E-state index in [9.17, 15) is 14.0 Å². The number of rotatable bonds is 6. The molecule has 6 heteroatoms. The SMILES string of the molecule is COc1ccc(CC(=O)C2CC3CCC(C2)N3C(=O)OCc2ccccc2)cc1F. The van der Waals surface area contributed by atoms with E-state index in [4.69, 9.17) is 9.47 Å². The first-order valence-corrected chi connectivity index (χ1v) is 10.4. The molecule has 0 N–H and O–H groups in total. The summed E-state index contributed by atoms with van der Waals surface area (Å²) in [6.07, 6.45) is 2.99. The molecule has 2 aromatic carbocycles. The van der Waals surface area contributed by atoms with Crippen molar-refractivity contribution in [2.24, 2.45) is 5.92 Å². The largest absolute Gasteiger partial charge is 0.494 e. The number of carbonyl (C=O) groups excluding carboxylic acids is 2.